The Morgan fingerprint density at radius 3 is 2.59 bits per heavy atom. The van der Waals surface area contributed by atoms with Gasteiger partial charge in [-0.25, -0.2) is 9.50 Å². The first-order chi connectivity index (χ1) is 15.2. The van der Waals surface area contributed by atoms with Crippen molar-refractivity contribution in [2.45, 2.75) is 6.18 Å². The molecule has 12 heteroatoms. The molecule has 1 amide bonds. The van der Waals surface area contributed by atoms with Crippen LogP contribution < -0.4 is 10.2 Å². The van der Waals surface area contributed by atoms with Crippen LogP contribution in [-0.4, -0.2) is 59.9 Å². The molecule has 1 aromatic carbocycles. The summed E-state index contributed by atoms with van der Waals surface area (Å²) in [6.07, 6.45) is -4.72. The van der Waals surface area contributed by atoms with Gasteiger partial charge in [0.05, 0.1) is 42.0 Å². The van der Waals surface area contributed by atoms with Crippen molar-refractivity contribution in [2.75, 3.05) is 39.4 Å². The lowest BCUT2D eigenvalue weighted by Gasteiger charge is -2.23. The number of hydrogen-bond donors (Lipinski definition) is 2. The summed E-state index contributed by atoms with van der Waals surface area (Å²) in [7, 11) is 0. The molecular formula is C20H19Cl2F3N5O2+. The van der Waals surface area contributed by atoms with Crippen LogP contribution in [-0.2, 0) is 10.9 Å². The Balaban J connectivity index is 1.61. The maximum atomic E-state index is 13.7. The Morgan fingerprint density at radius 2 is 1.91 bits per heavy atom. The fourth-order valence-electron chi connectivity index (χ4n) is 3.44. The van der Waals surface area contributed by atoms with Gasteiger partial charge in [-0.15, -0.1) is 0 Å². The first-order valence-electron chi connectivity index (χ1n) is 9.85. The van der Waals surface area contributed by atoms with Crippen LogP contribution in [0.15, 0.2) is 30.3 Å². The maximum Gasteiger partial charge on any atom is 0.433 e. The molecule has 3 aromatic rings. The highest BCUT2D eigenvalue weighted by atomic mass is 35.5. The number of alkyl halides is 3. The van der Waals surface area contributed by atoms with Gasteiger partial charge in [-0.2, -0.15) is 18.3 Å². The van der Waals surface area contributed by atoms with Crippen LogP contribution in [0.25, 0.3) is 16.9 Å². The van der Waals surface area contributed by atoms with Crippen LogP contribution >= 0.6 is 23.2 Å². The number of morpholine rings is 1. The SMILES string of the molecule is O=C(NCC[NH+]1CCOCC1)c1cc2nc(-c3ccc(Cl)c(Cl)c3)cc(C(F)(F)F)n2n1. The van der Waals surface area contributed by atoms with E-state index >= 15 is 0 Å². The standard InChI is InChI=1S/C20H18Cl2F3N5O2/c21-13-2-1-12(9-14(13)22)15-10-17(20(23,24)25)30-18(27-15)11-16(28-30)19(31)26-3-4-29-5-7-32-8-6-29/h1-2,9-11H,3-8H2,(H,26,31)/p+1. The molecule has 1 aliphatic rings. The predicted octanol–water partition coefficient (Wildman–Crippen LogP) is 2.37. The number of quaternary nitrogens is 1. The van der Waals surface area contributed by atoms with Gasteiger partial charge in [0.25, 0.3) is 5.91 Å². The quantitative estimate of drug-likeness (QED) is 0.578. The third-order valence-electron chi connectivity index (χ3n) is 5.13. The summed E-state index contributed by atoms with van der Waals surface area (Å²) in [5, 5.41) is 7.03. The molecule has 170 valence electrons. The molecule has 0 spiro atoms. The highest BCUT2D eigenvalue weighted by Crippen LogP contribution is 2.34. The van der Waals surface area contributed by atoms with E-state index in [1.165, 1.54) is 29.2 Å². The fraction of sp³-hybridized carbons (Fsp3) is 0.350. The van der Waals surface area contributed by atoms with Gasteiger partial charge < -0.3 is 15.0 Å². The minimum Gasteiger partial charge on any atom is -0.370 e. The first kappa shape index (κ1) is 22.8. The van der Waals surface area contributed by atoms with E-state index in [1.807, 2.05) is 0 Å². The molecule has 0 saturated carbocycles. The van der Waals surface area contributed by atoms with Crippen LogP contribution in [0.5, 0.6) is 0 Å². The molecule has 1 aliphatic heterocycles. The number of carbonyl (C=O) groups excluding carboxylic acids is 1. The number of halogens is 5. The van der Waals surface area contributed by atoms with Crippen molar-refractivity contribution in [1.29, 1.82) is 0 Å². The number of ether oxygens (including phenoxy) is 1. The highest BCUT2D eigenvalue weighted by molar-refractivity contribution is 6.42. The summed E-state index contributed by atoms with van der Waals surface area (Å²) < 4.78 is 47.1. The van der Waals surface area contributed by atoms with Crippen LogP contribution in [0, 0.1) is 0 Å². The van der Waals surface area contributed by atoms with E-state index in [0.29, 0.717) is 36.4 Å². The van der Waals surface area contributed by atoms with E-state index in [-0.39, 0.29) is 27.1 Å². The smallest absolute Gasteiger partial charge is 0.370 e. The average molecular weight is 489 g/mol. The number of benzene rings is 1. The number of hydrogen-bond acceptors (Lipinski definition) is 4. The van der Waals surface area contributed by atoms with Crippen LogP contribution in [0.4, 0.5) is 13.2 Å². The highest BCUT2D eigenvalue weighted by Gasteiger charge is 2.35. The van der Waals surface area contributed by atoms with Crippen molar-refractivity contribution >= 4 is 34.8 Å². The lowest BCUT2D eigenvalue weighted by molar-refractivity contribution is -0.906. The Morgan fingerprint density at radius 1 is 1.16 bits per heavy atom. The predicted molar refractivity (Wildman–Crippen MR) is 112 cm³/mol. The summed E-state index contributed by atoms with van der Waals surface area (Å²) in [5.41, 5.74) is -0.921. The van der Waals surface area contributed by atoms with Gasteiger partial charge in [-0.05, 0) is 18.2 Å². The van der Waals surface area contributed by atoms with Gasteiger partial charge >= 0.3 is 6.18 Å². The minimum absolute atomic E-state index is 0.0335. The zero-order valence-electron chi connectivity index (χ0n) is 16.7. The van der Waals surface area contributed by atoms with Gasteiger partial charge in [-0.1, -0.05) is 29.3 Å². The molecule has 0 atom stereocenters. The molecule has 1 saturated heterocycles. The Kier molecular flexibility index (Phi) is 6.57. The van der Waals surface area contributed by atoms with Crippen molar-refractivity contribution in [3.05, 3.63) is 51.8 Å². The molecule has 1 fully saturated rings. The number of nitrogens with zero attached hydrogens (tertiary/aromatic N) is 3. The number of rotatable bonds is 5. The van der Waals surface area contributed by atoms with E-state index < -0.39 is 17.8 Å². The topological polar surface area (TPSA) is 73.0 Å². The molecule has 0 unspecified atom stereocenters. The van der Waals surface area contributed by atoms with Gasteiger partial charge in [-0.3, -0.25) is 4.79 Å². The summed E-state index contributed by atoms with van der Waals surface area (Å²) in [4.78, 5) is 18.0. The molecular weight excluding hydrogens is 470 g/mol. The van der Waals surface area contributed by atoms with Crippen molar-refractivity contribution in [3.8, 4) is 11.3 Å². The summed E-state index contributed by atoms with van der Waals surface area (Å²) in [6.45, 7) is 4.10. The van der Waals surface area contributed by atoms with E-state index in [9.17, 15) is 18.0 Å². The molecule has 0 bridgehead atoms. The van der Waals surface area contributed by atoms with Crippen molar-refractivity contribution in [1.82, 2.24) is 19.9 Å². The van der Waals surface area contributed by atoms with Gasteiger partial charge in [0.1, 0.15) is 13.1 Å². The molecule has 32 heavy (non-hydrogen) atoms. The normalized spacial score (nSPS) is 15.3. The Labute approximate surface area is 191 Å². The second-order valence-corrected chi connectivity index (χ2v) is 8.14. The van der Waals surface area contributed by atoms with E-state index in [4.69, 9.17) is 27.9 Å². The lowest BCUT2D eigenvalue weighted by atomic mass is 10.1. The molecule has 3 heterocycles. The van der Waals surface area contributed by atoms with Crippen molar-refractivity contribution in [2.24, 2.45) is 0 Å². The average Bonchev–Trinajstić information content (AvgIpc) is 3.19. The molecule has 7 nitrogen and oxygen atoms in total. The number of aromatic nitrogens is 3. The number of nitrogens with one attached hydrogen (secondary N) is 2. The van der Waals surface area contributed by atoms with Crippen LogP contribution in [0.3, 0.4) is 0 Å². The summed E-state index contributed by atoms with van der Waals surface area (Å²) >= 11 is 11.9. The van der Waals surface area contributed by atoms with Crippen LogP contribution in [0.1, 0.15) is 16.2 Å². The van der Waals surface area contributed by atoms with E-state index in [0.717, 1.165) is 19.2 Å². The van der Waals surface area contributed by atoms with Crippen molar-refractivity contribution in [3.63, 3.8) is 0 Å². The molecule has 2 N–H and O–H groups in total. The summed E-state index contributed by atoms with van der Waals surface area (Å²) in [6, 6.07) is 6.52. The number of amides is 1. The molecule has 4 rings (SSSR count). The van der Waals surface area contributed by atoms with Gasteiger partial charge in [0.15, 0.2) is 17.0 Å². The minimum atomic E-state index is -4.72. The van der Waals surface area contributed by atoms with Gasteiger partial charge in [0.2, 0.25) is 0 Å². The zero-order valence-corrected chi connectivity index (χ0v) is 18.2. The first-order valence-corrected chi connectivity index (χ1v) is 10.6. The molecule has 0 aliphatic carbocycles. The third-order valence-corrected chi connectivity index (χ3v) is 5.87. The number of carbonyl (C=O) groups is 1. The second-order valence-electron chi connectivity index (χ2n) is 7.32. The monoisotopic (exact) mass is 488 g/mol. The fourth-order valence-corrected chi connectivity index (χ4v) is 3.74. The molecule has 0 radical (unpaired) electrons. The van der Waals surface area contributed by atoms with E-state index in [1.54, 1.807) is 0 Å². The zero-order chi connectivity index (χ0) is 22.9. The second kappa shape index (κ2) is 9.22. The van der Waals surface area contributed by atoms with Gasteiger partial charge in [0, 0.05) is 11.6 Å². The van der Waals surface area contributed by atoms with E-state index in [2.05, 4.69) is 15.4 Å². The van der Waals surface area contributed by atoms with Crippen molar-refractivity contribution < 1.29 is 27.6 Å². The Bertz CT molecular complexity index is 1150. The Hall–Kier alpha value is -2.40. The maximum absolute atomic E-state index is 13.7. The van der Waals surface area contributed by atoms with Crippen LogP contribution in [0.2, 0.25) is 10.0 Å². The third kappa shape index (κ3) is 4.98. The lowest BCUT2D eigenvalue weighted by Crippen LogP contribution is -3.14. The molecule has 2 aromatic heterocycles. The number of fused-ring (bicyclic) bond motifs is 1. The largest absolute Gasteiger partial charge is 0.433 e. The summed E-state index contributed by atoms with van der Waals surface area (Å²) in [5.74, 6) is -0.563.